The van der Waals surface area contributed by atoms with Crippen molar-refractivity contribution in [1.82, 2.24) is 16.2 Å². The van der Waals surface area contributed by atoms with Crippen molar-refractivity contribution in [3.8, 4) is 5.75 Å². The molecule has 3 rings (SSSR count). The van der Waals surface area contributed by atoms with Crippen molar-refractivity contribution in [2.75, 3.05) is 0 Å². The molecule has 144 valence electrons. The van der Waals surface area contributed by atoms with Crippen LogP contribution >= 0.6 is 0 Å². The van der Waals surface area contributed by atoms with Crippen LogP contribution in [-0.4, -0.2) is 11.9 Å². The number of hydrogen-bond donors (Lipinski definition) is 3. The van der Waals surface area contributed by atoms with E-state index >= 15 is 0 Å². The summed E-state index contributed by atoms with van der Waals surface area (Å²) in [6, 6.07) is 21.2. The molecule has 0 aliphatic heterocycles. The van der Waals surface area contributed by atoms with Crippen molar-refractivity contribution in [2.24, 2.45) is 0 Å². The average Bonchev–Trinajstić information content (AvgIpc) is 3.21. The van der Waals surface area contributed by atoms with Crippen molar-refractivity contribution >= 4 is 11.9 Å². The maximum Gasteiger partial charge on any atom is 0.333 e. The molecule has 1 atom stereocenters. The van der Waals surface area contributed by atoms with Crippen molar-refractivity contribution in [3.05, 3.63) is 89.9 Å². The predicted molar refractivity (Wildman–Crippen MR) is 103 cm³/mol. The van der Waals surface area contributed by atoms with Crippen LogP contribution in [0.2, 0.25) is 0 Å². The van der Waals surface area contributed by atoms with Gasteiger partial charge in [-0.2, -0.15) is 0 Å². The maximum absolute atomic E-state index is 12.1. The summed E-state index contributed by atoms with van der Waals surface area (Å²) in [7, 11) is 0. The lowest BCUT2D eigenvalue weighted by molar-refractivity contribution is 0.0904. The molecule has 0 aliphatic carbocycles. The summed E-state index contributed by atoms with van der Waals surface area (Å²) in [5.41, 5.74) is 5.57. The van der Waals surface area contributed by atoms with Gasteiger partial charge in [-0.1, -0.05) is 48.5 Å². The van der Waals surface area contributed by atoms with Gasteiger partial charge in [-0.25, -0.2) is 10.2 Å². The number of furan rings is 1. The lowest BCUT2D eigenvalue weighted by Crippen LogP contribution is -2.47. The Labute approximate surface area is 162 Å². The van der Waals surface area contributed by atoms with Crippen LogP contribution in [0.5, 0.6) is 5.75 Å². The van der Waals surface area contributed by atoms with E-state index in [-0.39, 0.29) is 18.4 Å². The van der Waals surface area contributed by atoms with Gasteiger partial charge in [0, 0.05) is 0 Å². The van der Waals surface area contributed by atoms with Crippen LogP contribution < -0.4 is 20.9 Å². The second-order valence-electron chi connectivity index (χ2n) is 6.05. The summed E-state index contributed by atoms with van der Waals surface area (Å²) in [6.45, 7) is 2.04. The molecule has 3 N–H and O–H groups in total. The number of carbonyl (C=O) groups excluding carboxylic acids is 2. The Morgan fingerprint density at radius 1 is 0.929 bits per heavy atom. The Kier molecular flexibility index (Phi) is 6.30. The van der Waals surface area contributed by atoms with Gasteiger partial charge in [0.2, 0.25) is 0 Å². The highest BCUT2D eigenvalue weighted by atomic mass is 16.5. The Hall–Kier alpha value is -3.74. The SMILES string of the molecule is CC(NC(=O)NNC(=O)c1ccc(COc2ccccc2)o1)c1ccccc1. The zero-order valence-electron chi connectivity index (χ0n) is 15.3. The largest absolute Gasteiger partial charge is 0.486 e. The average molecular weight is 379 g/mol. The van der Waals surface area contributed by atoms with Gasteiger partial charge in [0.25, 0.3) is 0 Å². The Bertz CT molecular complexity index is 910. The minimum Gasteiger partial charge on any atom is -0.486 e. The van der Waals surface area contributed by atoms with Crippen LogP contribution in [0.3, 0.4) is 0 Å². The van der Waals surface area contributed by atoms with Crippen LogP contribution in [0.1, 0.15) is 34.8 Å². The van der Waals surface area contributed by atoms with Gasteiger partial charge < -0.3 is 14.5 Å². The molecule has 3 aromatic rings. The number of para-hydroxylation sites is 1. The van der Waals surface area contributed by atoms with Crippen molar-refractivity contribution in [2.45, 2.75) is 19.6 Å². The van der Waals surface area contributed by atoms with E-state index in [2.05, 4.69) is 16.2 Å². The third-order valence-corrected chi connectivity index (χ3v) is 3.95. The number of amides is 3. The topological polar surface area (TPSA) is 92.6 Å². The number of ether oxygens (including phenoxy) is 1. The molecule has 1 heterocycles. The lowest BCUT2D eigenvalue weighted by atomic mass is 10.1. The standard InChI is InChI=1S/C21H21N3O4/c1-15(16-8-4-2-5-9-16)22-21(26)24-23-20(25)19-13-12-18(28-19)14-27-17-10-6-3-7-11-17/h2-13,15H,14H2,1H3,(H,23,25)(H2,22,24,26). The number of hydrazine groups is 1. The second kappa shape index (κ2) is 9.27. The number of nitrogens with one attached hydrogen (secondary N) is 3. The quantitative estimate of drug-likeness (QED) is 0.571. The Balaban J connectivity index is 1.44. The summed E-state index contributed by atoms with van der Waals surface area (Å²) >= 11 is 0. The van der Waals surface area contributed by atoms with Gasteiger partial charge in [0.15, 0.2) is 5.76 Å². The summed E-state index contributed by atoms with van der Waals surface area (Å²) in [5.74, 6) is 0.712. The molecule has 3 amide bonds. The van der Waals surface area contributed by atoms with Gasteiger partial charge in [-0.05, 0) is 36.8 Å². The summed E-state index contributed by atoms with van der Waals surface area (Å²) < 4.78 is 11.0. The summed E-state index contributed by atoms with van der Waals surface area (Å²) in [5, 5.41) is 2.73. The minimum atomic E-state index is -0.562. The van der Waals surface area contributed by atoms with E-state index in [1.54, 1.807) is 6.07 Å². The van der Waals surface area contributed by atoms with Gasteiger partial charge >= 0.3 is 11.9 Å². The molecule has 0 radical (unpaired) electrons. The molecular formula is C21H21N3O4. The van der Waals surface area contributed by atoms with E-state index in [0.29, 0.717) is 11.5 Å². The lowest BCUT2D eigenvalue weighted by Gasteiger charge is -2.15. The number of urea groups is 1. The van der Waals surface area contributed by atoms with E-state index in [1.165, 1.54) is 6.07 Å². The minimum absolute atomic E-state index is 0.0723. The Morgan fingerprint density at radius 3 is 2.32 bits per heavy atom. The van der Waals surface area contributed by atoms with E-state index in [9.17, 15) is 9.59 Å². The molecule has 2 aromatic carbocycles. The first-order chi connectivity index (χ1) is 13.6. The van der Waals surface area contributed by atoms with Crippen LogP contribution in [0.25, 0.3) is 0 Å². The number of carbonyl (C=O) groups is 2. The maximum atomic E-state index is 12.1. The molecule has 0 bridgehead atoms. The molecular weight excluding hydrogens is 358 g/mol. The van der Waals surface area contributed by atoms with Crippen molar-refractivity contribution in [3.63, 3.8) is 0 Å². The van der Waals surface area contributed by atoms with Crippen molar-refractivity contribution < 1.29 is 18.7 Å². The molecule has 1 unspecified atom stereocenters. The molecule has 0 fully saturated rings. The summed E-state index contributed by atoms with van der Waals surface area (Å²) in [4.78, 5) is 24.0. The highest BCUT2D eigenvalue weighted by Crippen LogP contribution is 2.14. The van der Waals surface area contributed by atoms with Gasteiger partial charge in [-0.3, -0.25) is 10.2 Å². The highest BCUT2D eigenvalue weighted by Gasteiger charge is 2.14. The summed E-state index contributed by atoms with van der Waals surface area (Å²) in [6.07, 6.45) is 0. The third kappa shape index (κ3) is 5.38. The van der Waals surface area contributed by atoms with E-state index in [4.69, 9.17) is 9.15 Å². The van der Waals surface area contributed by atoms with Gasteiger partial charge in [-0.15, -0.1) is 0 Å². The van der Waals surface area contributed by atoms with Gasteiger partial charge in [0.1, 0.15) is 18.1 Å². The molecule has 7 nitrogen and oxygen atoms in total. The second-order valence-corrected chi connectivity index (χ2v) is 6.05. The first-order valence-electron chi connectivity index (χ1n) is 8.80. The van der Waals surface area contributed by atoms with E-state index in [1.807, 2.05) is 67.6 Å². The van der Waals surface area contributed by atoms with E-state index in [0.717, 1.165) is 5.56 Å². The van der Waals surface area contributed by atoms with Crippen LogP contribution in [0.15, 0.2) is 77.2 Å². The van der Waals surface area contributed by atoms with Crippen LogP contribution in [0.4, 0.5) is 4.79 Å². The predicted octanol–water partition coefficient (Wildman–Crippen LogP) is 3.56. The van der Waals surface area contributed by atoms with Gasteiger partial charge in [0.05, 0.1) is 6.04 Å². The van der Waals surface area contributed by atoms with Crippen LogP contribution in [0, 0.1) is 0 Å². The molecule has 7 heteroatoms. The Morgan fingerprint density at radius 2 is 1.61 bits per heavy atom. The number of rotatable bonds is 6. The normalized spacial score (nSPS) is 11.3. The fourth-order valence-electron chi connectivity index (χ4n) is 2.48. The molecule has 1 aromatic heterocycles. The molecule has 0 spiro atoms. The molecule has 0 aliphatic rings. The number of hydrogen-bond acceptors (Lipinski definition) is 4. The zero-order chi connectivity index (χ0) is 19.8. The molecule has 0 saturated carbocycles. The number of benzene rings is 2. The fraction of sp³-hybridized carbons (Fsp3) is 0.143. The van der Waals surface area contributed by atoms with E-state index < -0.39 is 11.9 Å². The van der Waals surface area contributed by atoms with Crippen molar-refractivity contribution in [1.29, 1.82) is 0 Å². The molecule has 28 heavy (non-hydrogen) atoms. The smallest absolute Gasteiger partial charge is 0.333 e. The zero-order valence-corrected chi connectivity index (χ0v) is 15.3. The first kappa shape index (κ1) is 19.0. The highest BCUT2D eigenvalue weighted by molar-refractivity contribution is 5.92. The first-order valence-corrected chi connectivity index (χ1v) is 8.80. The van der Waals surface area contributed by atoms with Crippen LogP contribution in [-0.2, 0) is 6.61 Å². The third-order valence-electron chi connectivity index (χ3n) is 3.95. The molecule has 0 saturated heterocycles. The fourth-order valence-corrected chi connectivity index (χ4v) is 2.48. The monoisotopic (exact) mass is 379 g/mol.